The Balaban J connectivity index is 2.00. The van der Waals surface area contributed by atoms with Crippen LogP contribution in [0.15, 0.2) is 34.7 Å². The van der Waals surface area contributed by atoms with Crippen LogP contribution in [0.1, 0.15) is 37.0 Å². The predicted octanol–water partition coefficient (Wildman–Crippen LogP) is 4.15. The molecule has 108 valence electrons. The number of hydrogen-bond acceptors (Lipinski definition) is 2. The lowest BCUT2D eigenvalue weighted by atomic mass is 10.0. The number of furan rings is 1. The van der Waals surface area contributed by atoms with Gasteiger partial charge in [-0.15, -0.1) is 0 Å². The van der Waals surface area contributed by atoms with Gasteiger partial charge in [0.25, 0.3) is 0 Å². The van der Waals surface area contributed by atoms with Crippen molar-refractivity contribution in [3.63, 3.8) is 0 Å². The van der Waals surface area contributed by atoms with E-state index in [0.29, 0.717) is 6.42 Å². The van der Waals surface area contributed by atoms with E-state index >= 15 is 0 Å². The van der Waals surface area contributed by atoms with Crippen molar-refractivity contribution in [3.8, 4) is 0 Å². The maximum atomic E-state index is 13.6. The van der Waals surface area contributed by atoms with Gasteiger partial charge in [-0.2, -0.15) is 0 Å². The Morgan fingerprint density at radius 2 is 1.75 bits per heavy atom. The number of benzene rings is 1. The van der Waals surface area contributed by atoms with Crippen LogP contribution in [-0.4, -0.2) is 6.04 Å². The van der Waals surface area contributed by atoms with Gasteiger partial charge in [-0.3, -0.25) is 0 Å². The Labute approximate surface area is 117 Å². The first-order valence-corrected chi connectivity index (χ1v) is 6.72. The SMILES string of the molecule is Cc1ccc(C(C)NC(C)Cc2c(F)cccc2F)o1. The van der Waals surface area contributed by atoms with Crippen LogP contribution in [0.4, 0.5) is 8.78 Å². The van der Waals surface area contributed by atoms with Crippen LogP contribution < -0.4 is 5.32 Å². The summed E-state index contributed by atoms with van der Waals surface area (Å²) >= 11 is 0. The molecule has 20 heavy (non-hydrogen) atoms. The molecule has 2 unspecified atom stereocenters. The van der Waals surface area contributed by atoms with E-state index in [1.807, 2.05) is 32.9 Å². The zero-order valence-electron chi connectivity index (χ0n) is 11.9. The topological polar surface area (TPSA) is 25.2 Å². The fraction of sp³-hybridized carbons (Fsp3) is 0.375. The highest BCUT2D eigenvalue weighted by atomic mass is 19.1. The van der Waals surface area contributed by atoms with Crippen molar-refractivity contribution in [3.05, 3.63) is 59.1 Å². The molecule has 0 radical (unpaired) electrons. The highest BCUT2D eigenvalue weighted by Crippen LogP contribution is 2.18. The van der Waals surface area contributed by atoms with Gasteiger partial charge < -0.3 is 9.73 Å². The lowest BCUT2D eigenvalue weighted by Crippen LogP contribution is -2.31. The number of rotatable bonds is 5. The van der Waals surface area contributed by atoms with Crippen molar-refractivity contribution >= 4 is 0 Å². The highest BCUT2D eigenvalue weighted by molar-refractivity contribution is 5.20. The predicted molar refractivity (Wildman–Crippen MR) is 74.5 cm³/mol. The molecule has 0 aliphatic heterocycles. The minimum Gasteiger partial charge on any atom is -0.465 e. The smallest absolute Gasteiger partial charge is 0.129 e. The molecule has 0 saturated carbocycles. The van der Waals surface area contributed by atoms with Crippen molar-refractivity contribution < 1.29 is 13.2 Å². The van der Waals surface area contributed by atoms with Crippen molar-refractivity contribution in [1.29, 1.82) is 0 Å². The standard InChI is InChI=1S/C16H19F2NO/c1-10(9-13-14(17)5-4-6-15(13)18)19-12(3)16-8-7-11(2)20-16/h4-8,10,12,19H,9H2,1-3H3. The van der Waals surface area contributed by atoms with Crippen LogP contribution in [0.5, 0.6) is 0 Å². The van der Waals surface area contributed by atoms with E-state index in [4.69, 9.17) is 4.42 Å². The van der Waals surface area contributed by atoms with E-state index in [1.54, 1.807) is 0 Å². The molecule has 4 heteroatoms. The number of hydrogen-bond donors (Lipinski definition) is 1. The van der Waals surface area contributed by atoms with Crippen molar-refractivity contribution in [2.75, 3.05) is 0 Å². The first-order chi connectivity index (χ1) is 9.47. The van der Waals surface area contributed by atoms with E-state index in [0.717, 1.165) is 11.5 Å². The summed E-state index contributed by atoms with van der Waals surface area (Å²) < 4.78 is 32.7. The number of aryl methyl sites for hydroxylation is 1. The lowest BCUT2D eigenvalue weighted by molar-refractivity contribution is 0.383. The maximum Gasteiger partial charge on any atom is 0.129 e. The Hall–Kier alpha value is -1.68. The van der Waals surface area contributed by atoms with Gasteiger partial charge in [0.1, 0.15) is 23.2 Å². The van der Waals surface area contributed by atoms with Gasteiger partial charge in [-0.1, -0.05) is 6.07 Å². The van der Waals surface area contributed by atoms with Crippen LogP contribution in [-0.2, 0) is 6.42 Å². The van der Waals surface area contributed by atoms with Crippen LogP contribution in [0.2, 0.25) is 0 Å². The molecule has 0 amide bonds. The van der Waals surface area contributed by atoms with Gasteiger partial charge in [0.15, 0.2) is 0 Å². The van der Waals surface area contributed by atoms with E-state index < -0.39 is 11.6 Å². The third kappa shape index (κ3) is 3.45. The first-order valence-electron chi connectivity index (χ1n) is 6.72. The molecule has 2 nitrogen and oxygen atoms in total. The molecule has 0 aliphatic rings. The largest absolute Gasteiger partial charge is 0.465 e. The first kappa shape index (κ1) is 14.7. The molecule has 0 bridgehead atoms. The zero-order valence-corrected chi connectivity index (χ0v) is 11.9. The van der Waals surface area contributed by atoms with Crippen LogP contribution in [0.25, 0.3) is 0 Å². The molecular formula is C16H19F2NO. The molecule has 2 aromatic rings. The van der Waals surface area contributed by atoms with E-state index in [2.05, 4.69) is 5.32 Å². The molecule has 0 aliphatic carbocycles. The van der Waals surface area contributed by atoms with Gasteiger partial charge in [-0.05, 0) is 51.5 Å². The summed E-state index contributed by atoms with van der Waals surface area (Å²) in [5.41, 5.74) is 0.121. The fourth-order valence-corrected chi connectivity index (χ4v) is 2.29. The van der Waals surface area contributed by atoms with Gasteiger partial charge >= 0.3 is 0 Å². The molecule has 1 N–H and O–H groups in total. The Morgan fingerprint density at radius 1 is 1.10 bits per heavy atom. The number of nitrogens with one attached hydrogen (secondary N) is 1. The quantitative estimate of drug-likeness (QED) is 0.889. The molecular weight excluding hydrogens is 260 g/mol. The maximum absolute atomic E-state index is 13.6. The molecule has 0 spiro atoms. The normalized spacial score (nSPS) is 14.2. The van der Waals surface area contributed by atoms with E-state index in [-0.39, 0.29) is 17.6 Å². The minimum absolute atomic E-state index is 0.00599. The van der Waals surface area contributed by atoms with Crippen molar-refractivity contribution in [2.45, 2.75) is 39.3 Å². The monoisotopic (exact) mass is 279 g/mol. The second kappa shape index (κ2) is 6.18. The van der Waals surface area contributed by atoms with Gasteiger partial charge in [0.05, 0.1) is 6.04 Å². The summed E-state index contributed by atoms with van der Waals surface area (Å²) in [5, 5.41) is 3.29. The molecule has 1 aromatic heterocycles. The second-order valence-electron chi connectivity index (χ2n) is 5.14. The minimum atomic E-state index is -0.500. The summed E-state index contributed by atoms with van der Waals surface area (Å²) in [6.45, 7) is 5.75. The Kier molecular flexibility index (Phi) is 4.55. The molecule has 2 rings (SSSR count). The molecule has 0 saturated heterocycles. The van der Waals surface area contributed by atoms with Gasteiger partial charge in [-0.25, -0.2) is 8.78 Å². The molecule has 1 aromatic carbocycles. The second-order valence-corrected chi connectivity index (χ2v) is 5.14. The average Bonchev–Trinajstić information content (AvgIpc) is 2.81. The van der Waals surface area contributed by atoms with Crippen LogP contribution >= 0.6 is 0 Å². The fourth-order valence-electron chi connectivity index (χ4n) is 2.29. The highest BCUT2D eigenvalue weighted by Gasteiger charge is 2.16. The summed E-state index contributed by atoms with van der Waals surface area (Å²) in [7, 11) is 0. The van der Waals surface area contributed by atoms with Crippen LogP contribution in [0.3, 0.4) is 0 Å². The van der Waals surface area contributed by atoms with E-state index in [1.165, 1.54) is 18.2 Å². The average molecular weight is 279 g/mol. The van der Waals surface area contributed by atoms with Gasteiger partial charge in [0, 0.05) is 11.6 Å². The summed E-state index contributed by atoms with van der Waals surface area (Å²) in [6.07, 6.45) is 0.294. The molecule has 1 heterocycles. The Bertz CT molecular complexity index is 559. The Morgan fingerprint density at radius 3 is 2.30 bits per heavy atom. The lowest BCUT2D eigenvalue weighted by Gasteiger charge is -2.19. The summed E-state index contributed by atoms with van der Waals surface area (Å²) in [4.78, 5) is 0. The van der Waals surface area contributed by atoms with Gasteiger partial charge in [0.2, 0.25) is 0 Å². The molecule has 2 atom stereocenters. The van der Waals surface area contributed by atoms with Crippen molar-refractivity contribution in [1.82, 2.24) is 5.32 Å². The summed E-state index contributed by atoms with van der Waals surface area (Å²) in [5.74, 6) is 0.671. The zero-order chi connectivity index (χ0) is 14.7. The third-order valence-electron chi connectivity index (χ3n) is 3.29. The van der Waals surface area contributed by atoms with E-state index in [9.17, 15) is 8.78 Å². The third-order valence-corrected chi connectivity index (χ3v) is 3.29. The molecule has 0 fully saturated rings. The van der Waals surface area contributed by atoms with Crippen LogP contribution in [0, 0.1) is 18.6 Å². The number of halogens is 2. The van der Waals surface area contributed by atoms with Crippen molar-refractivity contribution in [2.24, 2.45) is 0 Å². The summed E-state index contributed by atoms with van der Waals surface area (Å²) in [6, 6.07) is 7.67.